The number of nitrogens with one attached hydrogen (secondary N) is 3. The quantitative estimate of drug-likeness (QED) is 0.0597. The number of carbonyl (C=O) groups excluding carboxylic acids is 3. The number of rotatable bonds is 27. The number of amides is 1. The van der Waals surface area contributed by atoms with Crippen molar-refractivity contribution in [2.45, 2.75) is 172 Å². The Hall–Kier alpha value is -7.14. The van der Waals surface area contributed by atoms with Crippen LogP contribution in [-0.2, 0) is 23.9 Å². The highest BCUT2D eigenvalue weighted by Gasteiger charge is 2.40. The monoisotopic (exact) mass is 1110 g/mol. The first-order chi connectivity index (χ1) is 39.4. The first kappa shape index (κ1) is 62.5. The van der Waals surface area contributed by atoms with Crippen LogP contribution >= 0.6 is 0 Å². The standard InChI is InChI=1S/C71H92N6O5/c1-14-55-48(8)60-40-61-49(9)57(35-36-66(78)82-38-37-47(7)30-24-29-46(6)28-23-27-45(5)26-22-25-44(3)4)69(76-61)58(39-67(79)81-13)70-68(71(80)73-52(12)54-33-20-17-21-34-54)50(10)62(77-70)41-64-56(15-2)59(65(75-64)42-63(55)74-60)43-72-51(11)53-31-18-16-19-32-53/h14,16-21,31-34,37,40-46,49,51-52,57,72,76H,1,15,22-30,35-36,38-39H2,2-13H3,(H,73,80). The molecule has 0 aromatic heterocycles. The Balaban J connectivity index is 1.22. The number of allylic oxidation sites excluding steroid dienone is 11. The van der Waals surface area contributed by atoms with Crippen LogP contribution < -0.4 is 16.0 Å². The number of esters is 2. The molecule has 0 radical (unpaired) electrons. The van der Waals surface area contributed by atoms with E-state index in [-0.39, 0.29) is 55.2 Å². The highest BCUT2D eigenvalue weighted by atomic mass is 16.5. The SMILES string of the molecule is C=CC1=C(C)C2=NC1=CC1=NC(=C(CC)C1=CNC(C)c1ccccc1)C=C1N=C(C(CC(=O)OC)=C3NC(=C2)C(C)C3CCC(=O)OCC=C(C)CCCC(C)CCCC(C)CCCC(C)C)C(C(=O)NC(C)c2ccccc2)=C1C. The van der Waals surface area contributed by atoms with Crippen LogP contribution in [0.25, 0.3) is 0 Å². The summed E-state index contributed by atoms with van der Waals surface area (Å²) >= 11 is 0. The minimum absolute atomic E-state index is 0.00348. The Bertz CT molecular complexity index is 3080. The van der Waals surface area contributed by atoms with E-state index in [0.717, 1.165) is 80.9 Å². The minimum atomic E-state index is -0.497. The second kappa shape index (κ2) is 29.7. The van der Waals surface area contributed by atoms with Crippen molar-refractivity contribution in [3.63, 3.8) is 0 Å². The van der Waals surface area contributed by atoms with E-state index < -0.39 is 5.97 Å². The van der Waals surface area contributed by atoms with Gasteiger partial charge in [-0.1, -0.05) is 165 Å². The third-order valence-electron chi connectivity index (χ3n) is 17.1. The van der Waals surface area contributed by atoms with Crippen LogP contribution in [0.1, 0.15) is 183 Å². The van der Waals surface area contributed by atoms with Crippen LogP contribution in [0.2, 0.25) is 0 Å². The summed E-state index contributed by atoms with van der Waals surface area (Å²) in [6, 6.07) is 19.8. The number of nitrogens with zero attached hydrogens (tertiary/aromatic N) is 3. The van der Waals surface area contributed by atoms with Crippen LogP contribution in [0.5, 0.6) is 0 Å². The molecule has 5 heterocycles. The molecule has 11 nitrogen and oxygen atoms in total. The number of aliphatic imine (C=N–C) groups is 3. The lowest BCUT2D eigenvalue weighted by atomic mass is 9.84. The summed E-state index contributed by atoms with van der Waals surface area (Å²) < 4.78 is 11.3. The van der Waals surface area contributed by atoms with Crippen molar-refractivity contribution in [2.75, 3.05) is 13.7 Å². The molecule has 2 aromatic carbocycles. The van der Waals surface area contributed by atoms with Gasteiger partial charge in [0.1, 0.15) is 6.61 Å². The van der Waals surface area contributed by atoms with E-state index in [1.165, 1.54) is 57.6 Å². The Labute approximate surface area is 490 Å². The van der Waals surface area contributed by atoms with Crippen molar-refractivity contribution in [1.82, 2.24) is 16.0 Å². The molecule has 2 aromatic rings. The van der Waals surface area contributed by atoms with Gasteiger partial charge in [-0.05, 0) is 130 Å². The molecule has 5 aliphatic rings. The summed E-state index contributed by atoms with van der Waals surface area (Å²) in [5.74, 6) is 0.642. The van der Waals surface area contributed by atoms with Gasteiger partial charge in [-0.2, -0.15) is 0 Å². The molecule has 6 atom stereocenters. The maximum absolute atomic E-state index is 15.1. The fourth-order valence-electron chi connectivity index (χ4n) is 11.8. The highest BCUT2D eigenvalue weighted by Crippen LogP contribution is 2.43. The zero-order chi connectivity index (χ0) is 59.0. The van der Waals surface area contributed by atoms with Crippen LogP contribution in [0.3, 0.4) is 0 Å². The fraction of sp³-hybridized carbons (Fsp3) is 0.465. The summed E-state index contributed by atoms with van der Waals surface area (Å²) in [6.07, 6.45) is 24.1. The van der Waals surface area contributed by atoms with Crippen molar-refractivity contribution >= 4 is 35.0 Å². The second-order valence-electron chi connectivity index (χ2n) is 23.8. The maximum atomic E-state index is 15.1. The average Bonchev–Trinajstić information content (AvgIpc) is 4.28. The summed E-state index contributed by atoms with van der Waals surface area (Å²) in [5, 5.41) is 10.7. The third kappa shape index (κ3) is 16.1. The number of hydrogen-bond donors (Lipinski definition) is 3. The molecule has 1 fully saturated rings. The molecule has 0 saturated carbocycles. The molecular weight excluding hydrogens is 1020 g/mol. The number of fused-ring (bicyclic) bond motifs is 5. The molecule has 1 amide bonds. The lowest BCUT2D eigenvalue weighted by molar-refractivity contribution is -0.143. The molecule has 82 heavy (non-hydrogen) atoms. The molecule has 436 valence electrons. The number of benzene rings is 2. The maximum Gasteiger partial charge on any atom is 0.310 e. The molecule has 0 spiro atoms. The van der Waals surface area contributed by atoms with E-state index in [9.17, 15) is 9.59 Å². The number of carbonyl (C=O) groups is 3. The molecule has 5 aliphatic heterocycles. The van der Waals surface area contributed by atoms with Crippen molar-refractivity contribution < 1.29 is 23.9 Å². The van der Waals surface area contributed by atoms with Gasteiger partial charge < -0.3 is 25.4 Å². The summed E-state index contributed by atoms with van der Waals surface area (Å²) in [4.78, 5) is 58.7. The normalized spacial score (nSPS) is 20.0. The van der Waals surface area contributed by atoms with Crippen LogP contribution in [0.4, 0.5) is 0 Å². The summed E-state index contributed by atoms with van der Waals surface area (Å²) in [6.45, 7) is 28.3. The van der Waals surface area contributed by atoms with E-state index in [0.29, 0.717) is 58.3 Å². The Morgan fingerprint density at radius 3 is 2.02 bits per heavy atom. The van der Waals surface area contributed by atoms with Gasteiger partial charge in [-0.25, -0.2) is 15.0 Å². The summed E-state index contributed by atoms with van der Waals surface area (Å²) in [7, 11) is 1.37. The van der Waals surface area contributed by atoms with Gasteiger partial charge >= 0.3 is 11.9 Å². The minimum Gasteiger partial charge on any atom is -0.469 e. The Morgan fingerprint density at radius 1 is 0.744 bits per heavy atom. The third-order valence-corrected chi connectivity index (χ3v) is 17.1. The molecule has 11 heteroatoms. The topological polar surface area (TPSA) is 143 Å². The van der Waals surface area contributed by atoms with Crippen LogP contribution in [0.15, 0.2) is 192 Å². The zero-order valence-electron chi connectivity index (χ0n) is 51.3. The molecule has 8 bridgehead atoms. The molecule has 7 rings (SSSR count). The molecule has 3 N–H and O–H groups in total. The highest BCUT2D eigenvalue weighted by molar-refractivity contribution is 6.31. The average molecular weight is 1110 g/mol. The van der Waals surface area contributed by atoms with E-state index >= 15 is 4.79 Å². The van der Waals surface area contributed by atoms with Crippen molar-refractivity contribution in [3.05, 3.63) is 188 Å². The van der Waals surface area contributed by atoms with Crippen LogP contribution in [0, 0.1) is 29.6 Å². The van der Waals surface area contributed by atoms with Gasteiger partial charge in [0, 0.05) is 58.6 Å². The second-order valence-corrected chi connectivity index (χ2v) is 23.8. The first-order valence-corrected chi connectivity index (χ1v) is 30.4. The van der Waals surface area contributed by atoms with Crippen LogP contribution in [-0.4, -0.2) is 48.7 Å². The lowest BCUT2D eigenvalue weighted by Crippen LogP contribution is -2.32. The molecular formula is C71H92N6O5. The van der Waals surface area contributed by atoms with E-state index in [4.69, 9.17) is 24.5 Å². The van der Waals surface area contributed by atoms with Crippen molar-refractivity contribution in [3.8, 4) is 0 Å². The predicted molar refractivity (Wildman–Crippen MR) is 337 cm³/mol. The zero-order valence-corrected chi connectivity index (χ0v) is 51.3. The van der Waals surface area contributed by atoms with Crippen molar-refractivity contribution in [2.24, 2.45) is 44.6 Å². The van der Waals surface area contributed by atoms with Gasteiger partial charge in [0.25, 0.3) is 5.91 Å². The molecule has 0 aliphatic carbocycles. The van der Waals surface area contributed by atoms with Gasteiger partial charge in [0.2, 0.25) is 0 Å². The smallest absolute Gasteiger partial charge is 0.310 e. The largest absolute Gasteiger partial charge is 0.469 e. The number of ether oxygens (including phenoxy) is 2. The van der Waals surface area contributed by atoms with E-state index in [2.05, 4.69) is 96.1 Å². The van der Waals surface area contributed by atoms with E-state index in [1.807, 2.05) is 99.8 Å². The van der Waals surface area contributed by atoms with E-state index in [1.54, 1.807) is 0 Å². The Kier molecular flexibility index (Phi) is 22.6. The van der Waals surface area contributed by atoms with Gasteiger partial charge in [0.05, 0.1) is 59.4 Å². The fourth-order valence-corrected chi connectivity index (χ4v) is 11.8. The predicted octanol–water partition coefficient (Wildman–Crippen LogP) is 16.0. The van der Waals surface area contributed by atoms with Gasteiger partial charge in [-0.3, -0.25) is 14.4 Å². The number of methoxy groups -OCH3 is 1. The number of hydrogen-bond acceptors (Lipinski definition) is 10. The lowest BCUT2D eigenvalue weighted by Gasteiger charge is -2.21. The van der Waals surface area contributed by atoms with Gasteiger partial charge in [-0.15, -0.1) is 0 Å². The summed E-state index contributed by atoms with van der Waals surface area (Å²) in [5.41, 5.74) is 13.9. The molecule has 6 unspecified atom stereocenters. The first-order valence-electron chi connectivity index (χ1n) is 30.4. The Morgan fingerprint density at radius 2 is 1.39 bits per heavy atom. The van der Waals surface area contributed by atoms with Gasteiger partial charge in [0.15, 0.2) is 0 Å². The molecule has 1 saturated heterocycles. The van der Waals surface area contributed by atoms with Crippen molar-refractivity contribution in [1.29, 1.82) is 0 Å².